The zero-order chi connectivity index (χ0) is 20.8. The highest BCUT2D eigenvalue weighted by Crippen LogP contribution is 2.25. The van der Waals surface area contributed by atoms with Crippen LogP contribution in [0.4, 0.5) is 0 Å². The molecule has 5 heteroatoms. The molecule has 0 aliphatic carbocycles. The summed E-state index contributed by atoms with van der Waals surface area (Å²) < 4.78 is 13.0. The summed E-state index contributed by atoms with van der Waals surface area (Å²) in [5.41, 5.74) is 4.70. The summed E-state index contributed by atoms with van der Waals surface area (Å²) in [6, 6.07) is 10.3. The number of nitrogens with zero attached hydrogens (tertiary/aromatic N) is 2. The Morgan fingerprint density at radius 2 is 1.90 bits per heavy atom. The van der Waals surface area contributed by atoms with Gasteiger partial charge in [-0.25, -0.2) is 0 Å². The molecular formula is C24H34N2O3. The Kier molecular flexibility index (Phi) is 7.37. The zero-order valence-electron chi connectivity index (χ0n) is 18.2. The first-order chi connectivity index (χ1) is 14.0. The maximum atomic E-state index is 13.2. The van der Waals surface area contributed by atoms with Crippen LogP contribution in [0.5, 0.6) is 5.75 Å². The van der Waals surface area contributed by atoms with E-state index >= 15 is 0 Å². The maximum Gasteiger partial charge on any atom is 0.226 e. The molecule has 1 saturated heterocycles. The molecule has 158 valence electrons. The van der Waals surface area contributed by atoms with E-state index in [1.165, 1.54) is 17.0 Å². The Labute approximate surface area is 174 Å². The molecule has 1 aromatic heterocycles. The van der Waals surface area contributed by atoms with Crippen molar-refractivity contribution >= 4 is 5.91 Å². The van der Waals surface area contributed by atoms with E-state index in [-0.39, 0.29) is 11.8 Å². The van der Waals surface area contributed by atoms with Crippen molar-refractivity contribution in [2.75, 3.05) is 26.9 Å². The second-order valence-corrected chi connectivity index (χ2v) is 7.93. The summed E-state index contributed by atoms with van der Waals surface area (Å²) in [6.07, 6.45) is 3.80. The van der Waals surface area contributed by atoms with Gasteiger partial charge >= 0.3 is 0 Å². The van der Waals surface area contributed by atoms with Gasteiger partial charge in [0.2, 0.25) is 5.91 Å². The van der Waals surface area contributed by atoms with Crippen molar-refractivity contribution in [3.05, 3.63) is 47.3 Å². The van der Waals surface area contributed by atoms with Gasteiger partial charge in [0, 0.05) is 49.3 Å². The van der Waals surface area contributed by atoms with E-state index in [9.17, 15) is 4.79 Å². The molecule has 5 nitrogen and oxygen atoms in total. The van der Waals surface area contributed by atoms with Crippen LogP contribution < -0.4 is 4.74 Å². The first kappa shape index (κ1) is 21.4. The minimum absolute atomic E-state index is 0.102. The van der Waals surface area contributed by atoms with Crippen molar-refractivity contribution in [3.8, 4) is 11.4 Å². The number of aromatic nitrogens is 1. The molecule has 2 heterocycles. The van der Waals surface area contributed by atoms with Gasteiger partial charge in [-0.2, -0.15) is 0 Å². The van der Waals surface area contributed by atoms with E-state index in [1.54, 1.807) is 7.11 Å². The average Bonchev–Trinajstić information content (AvgIpc) is 3.04. The molecule has 29 heavy (non-hydrogen) atoms. The van der Waals surface area contributed by atoms with Crippen LogP contribution in [0.2, 0.25) is 0 Å². The number of unbranched alkanes of at least 4 members (excludes halogenated alkanes) is 1. The molecule has 0 bridgehead atoms. The summed E-state index contributed by atoms with van der Waals surface area (Å²) in [7, 11) is 1.68. The Morgan fingerprint density at radius 1 is 1.21 bits per heavy atom. The summed E-state index contributed by atoms with van der Waals surface area (Å²) in [5.74, 6) is 1.24. The summed E-state index contributed by atoms with van der Waals surface area (Å²) in [6.45, 7) is 9.33. The van der Waals surface area contributed by atoms with Gasteiger partial charge in [0.05, 0.1) is 7.11 Å². The fraction of sp³-hybridized carbons (Fsp3) is 0.542. The molecule has 0 N–H and O–H groups in total. The highest BCUT2D eigenvalue weighted by atomic mass is 16.5. The Hall–Kier alpha value is -2.27. The number of hydrogen-bond donors (Lipinski definition) is 0. The topological polar surface area (TPSA) is 43.7 Å². The molecule has 1 amide bonds. The number of hydrogen-bond acceptors (Lipinski definition) is 3. The van der Waals surface area contributed by atoms with Gasteiger partial charge in [0.1, 0.15) is 5.75 Å². The molecule has 3 rings (SSSR count). The summed E-state index contributed by atoms with van der Waals surface area (Å²) in [5, 5.41) is 0. The molecule has 0 radical (unpaired) electrons. The maximum absolute atomic E-state index is 13.2. The monoisotopic (exact) mass is 398 g/mol. The first-order valence-electron chi connectivity index (χ1n) is 10.7. The van der Waals surface area contributed by atoms with Crippen LogP contribution in [0.3, 0.4) is 0 Å². The third-order valence-electron chi connectivity index (χ3n) is 5.89. The predicted molar refractivity (Wildman–Crippen MR) is 116 cm³/mol. The Morgan fingerprint density at radius 3 is 2.52 bits per heavy atom. The highest BCUT2D eigenvalue weighted by molar-refractivity contribution is 5.79. The van der Waals surface area contributed by atoms with Crippen LogP contribution in [0.1, 0.15) is 49.6 Å². The van der Waals surface area contributed by atoms with Crippen LogP contribution >= 0.6 is 0 Å². The van der Waals surface area contributed by atoms with Gasteiger partial charge in [-0.1, -0.05) is 13.3 Å². The largest absolute Gasteiger partial charge is 0.497 e. The van der Waals surface area contributed by atoms with Gasteiger partial charge in [-0.3, -0.25) is 4.79 Å². The van der Waals surface area contributed by atoms with E-state index in [1.807, 2.05) is 12.1 Å². The minimum Gasteiger partial charge on any atom is -0.497 e. The van der Waals surface area contributed by atoms with Gasteiger partial charge in [-0.15, -0.1) is 0 Å². The number of ether oxygens (including phenoxy) is 2. The van der Waals surface area contributed by atoms with Gasteiger partial charge in [0.25, 0.3) is 0 Å². The predicted octanol–water partition coefficient (Wildman–Crippen LogP) is 4.66. The lowest BCUT2D eigenvalue weighted by molar-refractivity contribution is -0.139. The molecule has 2 aromatic rings. The minimum atomic E-state index is 0.102. The molecule has 0 spiro atoms. The van der Waals surface area contributed by atoms with E-state index in [4.69, 9.17) is 9.47 Å². The number of carbonyl (C=O) groups excluding carboxylic acids is 1. The highest BCUT2D eigenvalue weighted by Gasteiger charge is 2.27. The molecule has 1 fully saturated rings. The number of amides is 1. The SMILES string of the molecule is CCCCN(Cc1cc(C)n(-c2ccc(OC)cc2)c1C)C(=O)C1CCOCC1. The van der Waals surface area contributed by atoms with E-state index in [0.29, 0.717) is 19.8 Å². The second kappa shape index (κ2) is 9.97. The van der Waals surface area contributed by atoms with Crippen molar-refractivity contribution in [1.29, 1.82) is 0 Å². The first-order valence-corrected chi connectivity index (χ1v) is 10.7. The quantitative estimate of drug-likeness (QED) is 0.650. The van der Waals surface area contributed by atoms with Crippen molar-refractivity contribution in [2.24, 2.45) is 5.92 Å². The molecule has 1 aliphatic heterocycles. The normalized spacial score (nSPS) is 14.8. The van der Waals surface area contributed by atoms with E-state index in [2.05, 4.69) is 48.4 Å². The molecule has 0 unspecified atom stereocenters. The van der Waals surface area contributed by atoms with Crippen molar-refractivity contribution in [3.63, 3.8) is 0 Å². The third kappa shape index (κ3) is 5.02. The lowest BCUT2D eigenvalue weighted by Crippen LogP contribution is -2.38. The van der Waals surface area contributed by atoms with Crippen LogP contribution in [0, 0.1) is 19.8 Å². The van der Waals surface area contributed by atoms with Crippen molar-refractivity contribution < 1.29 is 14.3 Å². The molecule has 1 aliphatic rings. The molecule has 1 aromatic carbocycles. The van der Waals surface area contributed by atoms with Gasteiger partial charge in [0.15, 0.2) is 0 Å². The molecule has 0 saturated carbocycles. The Bertz CT molecular complexity index is 804. The number of methoxy groups -OCH3 is 1. The summed E-state index contributed by atoms with van der Waals surface area (Å²) >= 11 is 0. The standard InChI is InChI=1S/C24H34N2O3/c1-5-6-13-25(24(27)20-11-14-29-15-12-20)17-21-16-18(2)26(19(21)3)22-7-9-23(28-4)10-8-22/h7-10,16,20H,5-6,11-15,17H2,1-4H3. The lowest BCUT2D eigenvalue weighted by Gasteiger charge is -2.29. The number of carbonyl (C=O) groups is 1. The van der Waals surface area contributed by atoms with Crippen molar-refractivity contribution in [1.82, 2.24) is 9.47 Å². The van der Waals surface area contributed by atoms with Crippen LogP contribution in [0.25, 0.3) is 5.69 Å². The average molecular weight is 399 g/mol. The smallest absolute Gasteiger partial charge is 0.226 e. The fourth-order valence-corrected chi connectivity index (χ4v) is 4.14. The summed E-state index contributed by atoms with van der Waals surface area (Å²) in [4.78, 5) is 15.3. The number of aryl methyl sites for hydroxylation is 1. The van der Waals surface area contributed by atoms with E-state index in [0.717, 1.165) is 43.7 Å². The molecular weight excluding hydrogens is 364 g/mol. The van der Waals surface area contributed by atoms with Crippen molar-refractivity contribution in [2.45, 2.75) is 53.0 Å². The fourth-order valence-electron chi connectivity index (χ4n) is 4.14. The third-order valence-corrected chi connectivity index (χ3v) is 5.89. The number of benzene rings is 1. The molecule has 0 atom stereocenters. The number of rotatable bonds is 8. The van der Waals surface area contributed by atoms with Crippen LogP contribution in [0.15, 0.2) is 30.3 Å². The van der Waals surface area contributed by atoms with Gasteiger partial charge in [-0.05, 0) is 69.0 Å². The lowest BCUT2D eigenvalue weighted by atomic mass is 9.98. The second-order valence-electron chi connectivity index (χ2n) is 7.93. The van der Waals surface area contributed by atoms with Gasteiger partial charge < -0.3 is 18.9 Å². The van der Waals surface area contributed by atoms with E-state index < -0.39 is 0 Å². The Balaban J connectivity index is 1.82. The zero-order valence-corrected chi connectivity index (χ0v) is 18.2. The van der Waals surface area contributed by atoms with Crippen LogP contribution in [-0.2, 0) is 16.1 Å². The van der Waals surface area contributed by atoms with Crippen LogP contribution in [-0.4, -0.2) is 42.2 Å².